The van der Waals surface area contributed by atoms with Gasteiger partial charge in [-0.2, -0.15) is 14.7 Å². The molecular formula is C29H21F3N6O2. The molecule has 0 saturated heterocycles. The topological polar surface area (TPSA) is 90.4 Å². The minimum absolute atomic E-state index is 0.165. The molecule has 0 spiro atoms. The monoisotopic (exact) mass is 542 g/mol. The van der Waals surface area contributed by atoms with Gasteiger partial charge in [0.1, 0.15) is 48.0 Å². The van der Waals surface area contributed by atoms with E-state index < -0.39 is 23.8 Å². The minimum Gasteiger partial charge on any atom is -0.474 e. The number of aromatic nitrogens is 6. The van der Waals surface area contributed by atoms with Gasteiger partial charge in [0.05, 0.1) is 12.1 Å². The van der Waals surface area contributed by atoms with Gasteiger partial charge in [0.2, 0.25) is 5.88 Å². The third-order valence-corrected chi connectivity index (χ3v) is 6.49. The average Bonchev–Trinajstić information content (AvgIpc) is 3.61. The van der Waals surface area contributed by atoms with E-state index in [9.17, 15) is 18.3 Å². The molecule has 0 amide bonds. The third kappa shape index (κ3) is 4.78. The van der Waals surface area contributed by atoms with Gasteiger partial charge in [-0.05, 0) is 54.1 Å². The Bertz CT molecular complexity index is 1780. The van der Waals surface area contributed by atoms with Crippen molar-refractivity contribution in [3.05, 3.63) is 121 Å². The van der Waals surface area contributed by atoms with E-state index in [-0.39, 0.29) is 23.8 Å². The number of halogens is 3. The second kappa shape index (κ2) is 10.3. The summed E-state index contributed by atoms with van der Waals surface area (Å²) in [6, 6.07) is 17.9. The maximum Gasteiger partial charge on any atom is 0.215 e. The van der Waals surface area contributed by atoms with Gasteiger partial charge in [-0.3, -0.25) is 4.98 Å². The Hall–Kier alpha value is -5.03. The van der Waals surface area contributed by atoms with E-state index in [2.05, 4.69) is 15.1 Å². The van der Waals surface area contributed by atoms with Crippen molar-refractivity contribution in [1.82, 2.24) is 29.4 Å². The normalized spacial score (nSPS) is 12.9. The second-order valence-corrected chi connectivity index (χ2v) is 9.16. The fourth-order valence-electron chi connectivity index (χ4n) is 4.62. The van der Waals surface area contributed by atoms with Crippen LogP contribution in [0.2, 0.25) is 0 Å². The number of benzene rings is 2. The molecule has 0 aliphatic carbocycles. The summed E-state index contributed by atoms with van der Waals surface area (Å²) in [7, 11) is 0. The molecule has 0 aliphatic rings. The number of nitrogens with zero attached hydrogens (tertiary/aromatic N) is 6. The van der Waals surface area contributed by atoms with E-state index >= 15 is 0 Å². The smallest absolute Gasteiger partial charge is 0.215 e. The van der Waals surface area contributed by atoms with Gasteiger partial charge in [0.15, 0.2) is 0 Å². The maximum atomic E-state index is 14.9. The first kappa shape index (κ1) is 25.3. The Morgan fingerprint density at radius 2 is 1.62 bits per heavy atom. The summed E-state index contributed by atoms with van der Waals surface area (Å²) in [5.41, 5.74) is 1.41. The third-order valence-electron chi connectivity index (χ3n) is 6.49. The van der Waals surface area contributed by atoms with E-state index in [0.29, 0.717) is 22.8 Å². The first-order valence-electron chi connectivity index (χ1n) is 12.2. The van der Waals surface area contributed by atoms with Crippen LogP contribution in [0.15, 0.2) is 97.8 Å². The quantitative estimate of drug-likeness (QED) is 0.290. The number of aliphatic hydroxyl groups is 1. The van der Waals surface area contributed by atoms with Crippen LogP contribution in [0.1, 0.15) is 5.56 Å². The van der Waals surface area contributed by atoms with Crippen LogP contribution in [0.5, 0.6) is 5.88 Å². The maximum absolute atomic E-state index is 14.9. The van der Waals surface area contributed by atoms with E-state index in [0.717, 1.165) is 17.2 Å². The van der Waals surface area contributed by atoms with Crippen LogP contribution >= 0.6 is 0 Å². The molecule has 0 saturated carbocycles. The van der Waals surface area contributed by atoms with Gasteiger partial charge in [0, 0.05) is 41.2 Å². The molecule has 1 unspecified atom stereocenters. The highest BCUT2D eigenvalue weighted by Crippen LogP contribution is 2.37. The minimum atomic E-state index is -1.95. The van der Waals surface area contributed by atoms with Crippen LogP contribution in [0.4, 0.5) is 13.2 Å². The molecule has 4 heterocycles. The van der Waals surface area contributed by atoms with Gasteiger partial charge in [-0.15, -0.1) is 0 Å². The first-order valence-corrected chi connectivity index (χ1v) is 12.2. The molecule has 6 aromatic rings. The van der Waals surface area contributed by atoms with Crippen molar-refractivity contribution in [2.45, 2.75) is 12.1 Å². The lowest BCUT2D eigenvalue weighted by molar-refractivity contribution is -0.0314. The highest BCUT2D eigenvalue weighted by atomic mass is 19.1. The van der Waals surface area contributed by atoms with Crippen molar-refractivity contribution >= 4 is 5.52 Å². The number of pyridine rings is 2. The first-order chi connectivity index (χ1) is 19.4. The predicted molar refractivity (Wildman–Crippen MR) is 140 cm³/mol. The van der Waals surface area contributed by atoms with Crippen molar-refractivity contribution < 1.29 is 23.0 Å². The summed E-state index contributed by atoms with van der Waals surface area (Å²) in [5.74, 6) is -1.83. The molecule has 1 N–H and O–H groups in total. The molecule has 40 heavy (non-hydrogen) atoms. The Morgan fingerprint density at radius 1 is 0.850 bits per heavy atom. The van der Waals surface area contributed by atoms with Gasteiger partial charge < -0.3 is 9.84 Å². The van der Waals surface area contributed by atoms with Crippen molar-refractivity contribution in [3.63, 3.8) is 0 Å². The molecular weight excluding hydrogens is 521 g/mol. The number of rotatable bonds is 8. The standard InChI is InChI=1S/C29H21F3N6O2/c30-21-6-4-20(5-7-21)28-27(19-10-12-33-13-11-19)25-2-1-3-26(38(25)36-28)40-16-29(39,15-37-18-34-17-35-37)23-9-8-22(31)14-24(23)32/h1-14,17-18,39H,15-16H2. The summed E-state index contributed by atoms with van der Waals surface area (Å²) in [6.07, 6.45) is 5.98. The summed E-state index contributed by atoms with van der Waals surface area (Å²) in [5, 5.41) is 20.4. The molecule has 0 radical (unpaired) electrons. The number of hydrogen-bond acceptors (Lipinski definition) is 6. The predicted octanol–water partition coefficient (Wildman–Crippen LogP) is 5.04. The lowest BCUT2D eigenvalue weighted by Crippen LogP contribution is -2.39. The summed E-state index contributed by atoms with van der Waals surface area (Å²) in [4.78, 5) is 7.98. The fraction of sp³-hybridized carbons (Fsp3) is 0.103. The van der Waals surface area contributed by atoms with E-state index in [1.165, 1.54) is 35.5 Å². The summed E-state index contributed by atoms with van der Waals surface area (Å²) >= 11 is 0. The van der Waals surface area contributed by atoms with Crippen LogP contribution in [0.25, 0.3) is 27.9 Å². The molecule has 200 valence electrons. The highest BCUT2D eigenvalue weighted by Gasteiger charge is 2.35. The zero-order valence-corrected chi connectivity index (χ0v) is 20.8. The fourth-order valence-corrected chi connectivity index (χ4v) is 4.62. The van der Waals surface area contributed by atoms with Gasteiger partial charge in [-0.25, -0.2) is 22.8 Å². The highest BCUT2D eigenvalue weighted by molar-refractivity contribution is 5.92. The van der Waals surface area contributed by atoms with Gasteiger partial charge in [-0.1, -0.05) is 12.1 Å². The zero-order valence-electron chi connectivity index (χ0n) is 20.8. The lowest BCUT2D eigenvalue weighted by atomic mass is 9.94. The molecule has 2 aromatic carbocycles. The van der Waals surface area contributed by atoms with E-state index in [1.54, 1.807) is 41.2 Å². The number of hydrogen-bond donors (Lipinski definition) is 1. The average molecular weight is 543 g/mol. The summed E-state index contributed by atoms with van der Waals surface area (Å²) < 4.78 is 51.2. The molecule has 0 aliphatic heterocycles. The van der Waals surface area contributed by atoms with E-state index in [1.807, 2.05) is 18.2 Å². The molecule has 4 aromatic heterocycles. The number of ether oxygens (including phenoxy) is 1. The Morgan fingerprint density at radius 3 is 2.35 bits per heavy atom. The Labute approximate surface area is 226 Å². The van der Waals surface area contributed by atoms with Gasteiger partial charge >= 0.3 is 0 Å². The van der Waals surface area contributed by atoms with Crippen molar-refractivity contribution in [2.75, 3.05) is 6.61 Å². The van der Waals surface area contributed by atoms with Crippen LogP contribution in [-0.2, 0) is 12.1 Å². The Balaban J connectivity index is 1.44. The van der Waals surface area contributed by atoms with Crippen LogP contribution in [-0.4, -0.2) is 41.1 Å². The van der Waals surface area contributed by atoms with Crippen molar-refractivity contribution in [1.29, 1.82) is 0 Å². The Kier molecular flexibility index (Phi) is 6.48. The molecule has 6 rings (SSSR count). The zero-order chi connectivity index (χ0) is 27.7. The van der Waals surface area contributed by atoms with Crippen molar-refractivity contribution in [2.24, 2.45) is 0 Å². The molecule has 8 nitrogen and oxygen atoms in total. The van der Waals surface area contributed by atoms with Gasteiger partial charge in [0.25, 0.3) is 0 Å². The molecule has 0 fully saturated rings. The number of fused-ring (bicyclic) bond motifs is 1. The van der Waals surface area contributed by atoms with Crippen LogP contribution < -0.4 is 4.74 Å². The van der Waals surface area contributed by atoms with Crippen molar-refractivity contribution in [3.8, 4) is 28.3 Å². The largest absolute Gasteiger partial charge is 0.474 e. The summed E-state index contributed by atoms with van der Waals surface area (Å²) in [6.45, 7) is -0.640. The van der Waals surface area contributed by atoms with E-state index in [4.69, 9.17) is 9.84 Å². The SMILES string of the molecule is OC(COc1cccc2c(-c3ccncc3)c(-c3ccc(F)cc3)nn12)(Cn1cncn1)c1ccc(F)cc1F. The lowest BCUT2D eigenvalue weighted by Gasteiger charge is -2.28. The van der Waals surface area contributed by atoms with Crippen LogP contribution in [0.3, 0.4) is 0 Å². The second-order valence-electron chi connectivity index (χ2n) is 9.16. The molecule has 11 heteroatoms. The van der Waals surface area contributed by atoms with Crippen LogP contribution in [0, 0.1) is 17.5 Å². The molecule has 1 atom stereocenters. The molecule has 0 bridgehead atoms.